The van der Waals surface area contributed by atoms with Crippen LogP contribution in [0.25, 0.3) is 0 Å². The zero-order valence-corrected chi connectivity index (χ0v) is 12.1. The lowest BCUT2D eigenvalue weighted by Gasteiger charge is -2.15. The predicted octanol–water partition coefficient (Wildman–Crippen LogP) is 2.30. The number of amides is 1. The highest BCUT2D eigenvalue weighted by Crippen LogP contribution is 2.21. The molecule has 6 nitrogen and oxygen atoms in total. The van der Waals surface area contributed by atoms with Crippen LogP contribution in [0.2, 0.25) is 0 Å². The van der Waals surface area contributed by atoms with Crippen LogP contribution in [0.3, 0.4) is 0 Å². The van der Waals surface area contributed by atoms with Gasteiger partial charge in [-0.25, -0.2) is 4.98 Å². The number of nitrogens with one attached hydrogen (secondary N) is 1. The van der Waals surface area contributed by atoms with Crippen molar-refractivity contribution in [1.82, 2.24) is 4.98 Å². The second-order valence-electron chi connectivity index (χ2n) is 4.69. The molecule has 1 saturated heterocycles. The Bertz CT molecular complexity index is 664. The van der Waals surface area contributed by atoms with Crippen molar-refractivity contribution < 1.29 is 4.79 Å². The first kappa shape index (κ1) is 13.6. The Hall–Kier alpha value is -2.41. The first-order chi connectivity index (χ1) is 10.2. The van der Waals surface area contributed by atoms with Gasteiger partial charge in [-0.3, -0.25) is 10.2 Å². The minimum Gasteiger partial charge on any atom is -0.383 e. The largest absolute Gasteiger partial charge is 0.383 e. The summed E-state index contributed by atoms with van der Waals surface area (Å²) in [6.07, 6.45) is 3.28. The maximum Gasteiger partial charge on any atom is 0.227 e. The molecule has 1 fully saturated rings. The third kappa shape index (κ3) is 3.19. The van der Waals surface area contributed by atoms with Crippen molar-refractivity contribution in [1.29, 1.82) is 0 Å². The smallest absolute Gasteiger partial charge is 0.227 e. The second kappa shape index (κ2) is 5.92. The summed E-state index contributed by atoms with van der Waals surface area (Å²) < 4.78 is 0. The number of hydrazone groups is 1. The highest BCUT2D eigenvalue weighted by molar-refractivity contribution is 7.14. The first-order valence-electron chi connectivity index (χ1n) is 6.63. The number of thiazole rings is 1. The van der Waals surface area contributed by atoms with Crippen molar-refractivity contribution in [2.45, 2.75) is 12.8 Å². The monoisotopic (exact) mass is 301 g/mol. The normalized spacial score (nSPS) is 15.0. The molecule has 2 heterocycles. The van der Waals surface area contributed by atoms with E-state index in [0.29, 0.717) is 17.4 Å². The number of nitrogen functional groups attached to an aromatic ring is 1. The van der Waals surface area contributed by atoms with Crippen LogP contribution in [0.4, 0.5) is 16.6 Å². The molecule has 1 amide bonds. The number of nitrogens with two attached hydrogens (primary N) is 1. The molecule has 0 atom stereocenters. The van der Waals surface area contributed by atoms with Gasteiger partial charge in [0.1, 0.15) is 5.82 Å². The molecular formula is C14H15N5OS. The fraction of sp³-hybridized carbons (Fsp3) is 0.214. The van der Waals surface area contributed by atoms with Gasteiger partial charge < -0.3 is 10.6 Å². The number of carbonyl (C=O) groups is 1. The molecule has 0 radical (unpaired) electrons. The van der Waals surface area contributed by atoms with Crippen LogP contribution in [0.1, 0.15) is 18.4 Å². The van der Waals surface area contributed by atoms with Crippen LogP contribution in [-0.2, 0) is 4.79 Å². The van der Waals surface area contributed by atoms with E-state index in [1.807, 2.05) is 29.2 Å². The summed E-state index contributed by atoms with van der Waals surface area (Å²) in [6.45, 7) is 0.805. The summed E-state index contributed by atoms with van der Waals surface area (Å²) in [7, 11) is 0. The van der Waals surface area contributed by atoms with Crippen molar-refractivity contribution in [3.05, 3.63) is 35.2 Å². The summed E-state index contributed by atoms with van der Waals surface area (Å²) in [4.78, 5) is 17.5. The Morgan fingerprint density at radius 2 is 2.19 bits per heavy atom. The van der Waals surface area contributed by atoms with E-state index in [0.717, 1.165) is 24.2 Å². The predicted molar refractivity (Wildman–Crippen MR) is 85.8 cm³/mol. The van der Waals surface area contributed by atoms with Crippen molar-refractivity contribution in [3.63, 3.8) is 0 Å². The first-order valence-corrected chi connectivity index (χ1v) is 7.51. The third-order valence-electron chi connectivity index (χ3n) is 3.17. The van der Waals surface area contributed by atoms with Crippen molar-refractivity contribution in [2.75, 3.05) is 22.6 Å². The van der Waals surface area contributed by atoms with Gasteiger partial charge in [-0.15, -0.1) is 11.3 Å². The van der Waals surface area contributed by atoms with Gasteiger partial charge in [-0.1, -0.05) is 12.1 Å². The molecular weight excluding hydrogens is 286 g/mol. The Kier molecular flexibility index (Phi) is 3.83. The quantitative estimate of drug-likeness (QED) is 0.670. The molecule has 0 aliphatic carbocycles. The highest BCUT2D eigenvalue weighted by atomic mass is 32.1. The standard InChI is InChI=1S/C14H15N5OS/c15-12-9-21-14(17-12)18-16-8-10-3-5-11(6-4-10)19-7-1-2-13(19)20/h3-6,8-9H,1-2,7,15H2,(H,17,18). The molecule has 1 aliphatic heterocycles. The summed E-state index contributed by atoms with van der Waals surface area (Å²) >= 11 is 1.40. The Labute approximate surface area is 126 Å². The molecule has 1 aliphatic rings. The van der Waals surface area contributed by atoms with Gasteiger partial charge in [0.25, 0.3) is 0 Å². The van der Waals surface area contributed by atoms with E-state index < -0.39 is 0 Å². The number of carbonyl (C=O) groups excluding carboxylic acids is 1. The molecule has 1 aromatic carbocycles. The van der Waals surface area contributed by atoms with Crippen molar-refractivity contribution in [3.8, 4) is 0 Å². The number of benzene rings is 1. The molecule has 21 heavy (non-hydrogen) atoms. The molecule has 0 spiro atoms. The molecule has 0 saturated carbocycles. The van der Waals surface area contributed by atoms with Crippen LogP contribution in [0.15, 0.2) is 34.7 Å². The van der Waals surface area contributed by atoms with E-state index >= 15 is 0 Å². The average molecular weight is 301 g/mol. The number of rotatable bonds is 4. The van der Waals surface area contributed by atoms with Gasteiger partial charge in [0.05, 0.1) is 6.21 Å². The SMILES string of the molecule is Nc1csc(NN=Cc2ccc(N3CCCC3=O)cc2)n1. The molecule has 7 heteroatoms. The zero-order valence-electron chi connectivity index (χ0n) is 11.3. The van der Waals surface area contributed by atoms with Crippen LogP contribution in [-0.4, -0.2) is 23.7 Å². The Morgan fingerprint density at radius 1 is 1.38 bits per heavy atom. The number of anilines is 3. The summed E-state index contributed by atoms with van der Waals surface area (Å²) in [6, 6.07) is 7.74. The molecule has 1 aromatic heterocycles. The maximum atomic E-state index is 11.7. The number of nitrogens with zero attached hydrogens (tertiary/aromatic N) is 3. The van der Waals surface area contributed by atoms with Crippen molar-refractivity contribution >= 4 is 40.1 Å². The number of aromatic nitrogens is 1. The van der Waals surface area contributed by atoms with Gasteiger partial charge in [0.2, 0.25) is 11.0 Å². The molecule has 108 valence electrons. The van der Waals surface area contributed by atoms with Crippen molar-refractivity contribution in [2.24, 2.45) is 5.10 Å². The van der Waals surface area contributed by atoms with E-state index in [-0.39, 0.29) is 5.91 Å². The average Bonchev–Trinajstić information content (AvgIpc) is 3.09. The summed E-state index contributed by atoms with van der Waals surface area (Å²) in [5.74, 6) is 0.678. The second-order valence-corrected chi connectivity index (χ2v) is 5.55. The topological polar surface area (TPSA) is 83.6 Å². The Balaban J connectivity index is 1.62. The van der Waals surface area contributed by atoms with E-state index in [1.54, 1.807) is 11.6 Å². The molecule has 0 unspecified atom stereocenters. The van der Waals surface area contributed by atoms with Gasteiger partial charge in [0, 0.05) is 24.0 Å². The van der Waals surface area contributed by atoms with Gasteiger partial charge >= 0.3 is 0 Å². The molecule has 3 N–H and O–H groups in total. The minimum absolute atomic E-state index is 0.194. The van der Waals surface area contributed by atoms with E-state index in [2.05, 4.69) is 15.5 Å². The molecule has 2 aromatic rings. The van der Waals surface area contributed by atoms with Crippen LogP contribution in [0, 0.1) is 0 Å². The summed E-state index contributed by atoms with van der Waals surface area (Å²) in [5.41, 5.74) is 10.2. The fourth-order valence-corrected chi connectivity index (χ4v) is 2.71. The fourth-order valence-electron chi connectivity index (χ4n) is 2.16. The molecule has 3 rings (SSSR count). The highest BCUT2D eigenvalue weighted by Gasteiger charge is 2.21. The number of hydrogen-bond acceptors (Lipinski definition) is 6. The molecule has 0 bridgehead atoms. The zero-order chi connectivity index (χ0) is 14.7. The summed E-state index contributed by atoms with van der Waals surface area (Å²) in [5, 5.41) is 6.51. The minimum atomic E-state index is 0.194. The maximum absolute atomic E-state index is 11.7. The third-order valence-corrected chi connectivity index (χ3v) is 3.94. The van der Waals surface area contributed by atoms with Gasteiger partial charge in [-0.05, 0) is 24.1 Å². The lowest BCUT2D eigenvalue weighted by molar-refractivity contribution is -0.117. The number of hydrogen-bond donors (Lipinski definition) is 2. The van der Waals surface area contributed by atoms with Gasteiger partial charge in [0.15, 0.2) is 0 Å². The van der Waals surface area contributed by atoms with Gasteiger partial charge in [-0.2, -0.15) is 5.10 Å². The Morgan fingerprint density at radius 3 is 2.81 bits per heavy atom. The van der Waals surface area contributed by atoms with E-state index in [1.165, 1.54) is 11.3 Å². The van der Waals surface area contributed by atoms with Crippen LogP contribution in [0.5, 0.6) is 0 Å². The lowest BCUT2D eigenvalue weighted by Crippen LogP contribution is -2.23. The van der Waals surface area contributed by atoms with Crippen LogP contribution < -0.4 is 16.1 Å². The van der Waals surface area contributed by atoms with Crippen LogP contribution >= 0.6 is 11.3 Å². The van der Waals surface area contributed by atoms with E-state index in [4.69, 9.17) is 5.73 Å². The van der Waals surface area contributed by atoms with E-state index in [9.17, 15) is 4.79 Å². The lowest BCUT2D eigenvalue weighted by atomic mass is 10.2.